The fourth-order valence-electron chi connectivity index (χ4n) is 1.90. The Morgan fingerprint density at radius 1 is 1.26 bits per heavy atom. The molecule has 0 aliphatic carbocycles. The van der Waals surface area contributed by atoms with Crippen molar-refractivity contribution in [3.63, 3.8) is 0 Å². The van der Waals surface area contributed by atoms with Crippen LogP contribution in [0.4, 0.5) is 15.8 Å². The van der Waals surface area contributed by atoms with E-state index in [-0.39, 0.29) is 5.75 Å². The van der Waals surface area contributed by atoms with Gasteiger partial charge in [0.2, 0.25) is 0 Å². The molecule has 1 aromatic heterocycles. The summed E-state index contributed by atoms with van der Waals surface area (Å²) in [6, 6.07) is 6.49. The Labute approximate surface area is 111 Å². The van der Waals surface area contributed by atoms with Gasteiger partial charge in [0.05, 0.1) is 24.2 Å². The molecular formula is C14H16FN3O. The lowest BCUT2D eigenvalue weighted by molar-refractivity contribution is 0.386. The number of hydrogen-bond donors (Lipinski definition) is 1. The molecule has 2 rings (SSSR count). The van der Waals surface area contributed by atoms with Crippen LogP contribution in [0.1, 0.15) is 0 Å². The second-order valence-electron chi connectivity index (χ2n) is 4.34. The summed E-state index contributed by atoms with van der Waals surface area (Å²) in [5, 5.41) is 0. The number of pyridine rings is 1. The summed E-state index contributed by atoms with van der Waals surface area (Å²) in [7, 11) is 5.21. The summed E-state index contributed by atoms with van der Waals surface area (Å²) in [4.78, 5) is 6.12. The maximum atomic E-state index is 13.7. The number of nitrogens with two attached hydrogens (primary N) is 1. The van der Waals surface area contributed by atoms with Crippen molar-refractivity contribution in [1.29, 1.82) is 0 Å². The summed E-state index contributed by atoms with van der Waals surface area (Å²) in [5.41, 5.74) is 8.64. The number of methoxy groups -OCH3 is 1. The SMILES string of the molecule is COc1ccc(-c2nccc(N(C)C)c2N)cc1F. The zero-order valence-electron chi connectivity index (χ0n) is 11.1. The lowest BCUT2D eigenvalue weighted by Crippen LogP contribution is -2.12. The van der Waals surface area contributed by atoms with Crippen molar-refractivity contribution in [2.75, 3.05) is 31.8 Å². The van der Waals surface area contributed by atoms with Crippen LogP contribution in [0.2, 0.25) is 0 Å². The molecule has 0 saturated heterocycles. The Hall–Kier alpha value is -2.30. The first-order chi connectivity index (χ1) is 9.04. The van der Waals surface area contributed by atoms with Gasteiger partial charge in [-0.25, -0.2) is 4.39 Å². The van der Waals surface area contributed by atoms with Gasteiger partial charge in [-0.1, -0.05) is 0 Å². The van der Waals surface area contributed by atoms with Crippen LogP contribution < -0.4 is 15.4 Å². The molecular weight excluding hydrogens is 245 g/mol. The zero-order valence-corrected chi connectivity index (χ0v) is 11.1. The number of halogens is 1. The van der Waals surface area contributed by atoms with Crippen LogP contribution in [0.25, 0.3) is 11.3 Å². The quantitative estimate of drug-likeness (QED) is 0.922. The first-order valence-corrected chi connectivity index (χ1v) is 5.80. The summed E-state index contributed by atoms with van der Waals surface area (Å²) in [6.45, 7) is 0. The molecule has 19 heavy (non-hydrogen) atoms. The van der Waals surface area contributed by atoms with Crippen molar-refractivity contribution < 1.29 is 9.13 Å². The van der Waals surface area contributed by atoms with Crippen LogP contribution in [0.15, 0.2) is 30.5 Å². The number of nitrogen functional groups attached to an aromatic ring is 1. The van der Waals surface area contributed by atoms with Crippen LogP contribution in [0, 0.1) is 5.82 Å². The van der Waals surface area contributed by atoms with Gasteiger partial charge in [-0.05, 0) is 24.3 Å². The molecule has 5 heteroatoms. The predicted octanol–water partition coefficient (Wildman–Crippen LogP) is 2.54. The monoisotopic (exact) mass is 261 g/mol. The van der Waals surface area contributed by atoms with Gasteiger partial charge >= 0.3 is 0 Å². The molecule has 0 amide bonds. The number of ether oxygens (including phenoxy) is 1. The van der Waals surface area contributed by atoms with Crippen LogP contribution in [0.5, 0.6) is 5.75 Å². The molecule has 0 spiro atoms. The summed E-state index contributed by atoms with van der Waals surface area (Å²) >= 11 is 0. The molecule has 0 aliphatic rings. The van der Waals surface area contributed by atoms with Crippen LogP contribution in [0.3, 0.4) is 0 Å². The minimum Gasteiger partial charge on any atom is -0.494 e. The summed E-state index contributed by atoms with van der Waals surface area (Å²) < 4.78 is 18.6. The van der Waals surface area contributed by atoms with Gasteiger partial charge in [-0.15, -0.1) is 0 Å². The van der Waals surface area contributed by atoms with Crippen LogP contribution >= 0.6 is 0 Å². The highest BCUT2D eigenvalue weighted by molar-refractivity contribution is 5.82. The van der Waals surface area contributed by atoms with E-state index in [2.05, 4.69) is 4.98 Å². The average Bonchev–Trinajstić information content (AvgIpc) is 2.38. The highest BCUT2D eigenvalue weighted by Gasteiger charge is 2.12. The first kappa shape index (κ1) is 13.1. The van der Waals surface area contributed by atoms with Gasteiger partial charge in [0.15, 0.2) is 11.6 Å². The van der Waals surface area contributed by atoms with Crippen molar-refractivity contribution in [1.82, 2.24) is 4.98 Å². The molecule has 2 aromatic rings. The number of benzene rings is 1. The van der Waals surface area contributed by atoms with E-state index in [9.17, 15) is 4.39 Å². The van der Waals surface area contributed by atoms with Crippen molar-refractivity contribution in [2.45, 2.75) is 0 Å². The number of aromatic nitrogens is 1. The van der Waals surface area contributed by atoms with Gasteiger partial charge in [0.1, 0.15) is 0 Å². The van der Waals surface area contributed by atoms with Gasteiger partial charge in [-0.2, -0.15) is 0 Å². The Morgan fingerprint density at radius 2 is 2.00 bits per heavy atom. The molecule has 4 nitrogen and oxygen atoms in total. The molecule has 0 radical (unpaired) electrons. The van der Waals surface area contributed by atoms with E-state index in [0.29, 0.717) is 16.9 Å². The van der Waals surface area contributed by atoms with E-state index < -0.39 is 5.82 Å². The molecule has 0 fully saturated rings. The van der Waals surface area contributed by atoms with Gasteiger partial charge < -0.3 is 15.4 Å². The Balaban J connectivity index is 2.53. The Bertz CT molecular complexity index is 599. The number of nitrogens with zero attached hydrogens (tertiary/aromatic N) is 2. The fourth-order valence-corrected chi connectivity index (χ4v) is 1.90. The third-order valence-electron chi connectivity index (χ3n) is 2.87. The minimum absolute atomic E-state index is 0.200. The van der Waals surface area contributed by atoms with E-state index in [4.69, 9.17) is 10.5 Å². The van der Waals surface area contributed by atoms with Crippen LogP contribution in [-0.4, -0.2) is 26.2 Å². The van der Waals surface area contributed by atoms with Crippen molar-refractivity contribution in [2.24, 2.45) is 0 Å². The lowest BCUT2D eigenvalue weighted by atomic mass is 10.1. The Kier molecular flexibility index (Phi) is 3.55. The predicted molar refractivity (Wildman–Crippen MR) is 74.9 cm³/mol. The zero-order chi connectivity index (χ0) is 14.0. The first-order valence-electron chi connectivity index (χ1n) is 5.80. The summed E-state index contributed by atoms with van der Waals surface area (Å²) in [6.07, 6.45) is 1.66. The second kappa shape index (κ2) is 5.14. The van der Waals surface area contributed by atoms with E-state index >= 15 is 0 Å². The molecule has 2 N–H and O–H groups in total. The lowest BCUT2D eigenvalue weighted by Gasteiger charge is -2.17. The number of rotatable bonds is 3. The maximum Gasteiger partial charge on any atom is 0.165 e. The van der Waals surface area contributed by atoms with Crippen molar-refractivity contribution in [3.05, 3.63) is 36.3 Å². The fraction of sp³-hybridized carbons (Fsp3) is 0.214. The van der Waals surface area contributed by atoms with Crippen molar-refractivity contribution in [3.8, 4) is 17.0 Å². The topological polar surface area (TPSA) is 51.4 Å². The smallest absolute Gasteiger partial charge is 0.165 e. The molecule has 0 saturated carbocycles. The maximum absolute atomic E-state index is 13.7. The van der Waals surface area contributed by atoms with Gasteiger partial charge in [0, 0.05) is 25.9 Å². The number of anilines is 2. The molecule has 1 aromatic carbocycles. The third kappa shape index (κ3) is 2.45. The summed E-state index contributed by atoms with van der Waals surface area (Å²) in [5.74, 6) is -0.234. The molecule has 1 heterocycles. The van der Waals surface area contributed by atoms with Crippen LogP contribution in [-0.2, 0) is 0 Å². The van der Waals surface area contributed by atoms with E-state index in [1.54, 1.807) is 18.3 Å². The van der Waals surface area contributed by atoms with Gasteiger partial charge in [-0.3, -0.25) is 4.98 Å². The largest absolute Gasteiger partial charge is 0.494 e. The average molecular weight is 261 g/mol. The second-order valence-corrected chi connectivity index (χ2v) is 4.34. The van der Waals surface area contributed by atoms with E-state index in [1.165, 1.54) is 13.2 Å². The van der Waals surface area contributed by atoms with E-state index in [0.717, 1.165) is 5.69 Å². The van der Waals surface area contributed by atoms with E-state index in [1.807, 2.05) is 25.1 Å². The molecule has 0 atom stereocenters. The van der Waals surface area contributed by atoms with Gasteiger partial charge in [0.25, 0.3) is 0 Å². The normalized spacial score (nSPS) is 10.3. The molecule has 0 aliphatic heterocycles. The third-order valence-corrected chi connectivity index (χ3v) is 2.87. The highest BCUT2D eigenvalue weighted by atomic mass is 19.1. The standard InChI is InChI=1S/C14H16FN3O/c1-18(2)11-6-7-17-14(13(11)16)9-4-5-12(19-3)10(15)8-9/h4-8H,16H2,1-3H3. The molecule has 0 bridgehead atoms. The number of hydrogen-bond acceptors (Lipinski definition) is 4. The minimum atomic E-state index is -0.434. The van der Waals surface area contributed by atoms with Crippen molar-refractivity contribution >= 4 is 11.4 Å². The molecule has 100 valence electrons. The highest BCUT2D eigenvalue weighted by Crippen LogP contribution is 2.32. The Morgan fingerprint density at radius 3 is 2.58 bits per heavy atom. The molecule has 0 unspecified atom stereocenters.